The summed E-state index contributed by atoms with van der Waals surface area (Å²) in [7, 11) is 1.68. The van der Waals surface area contributed by atoms with Gasteiger partial charge < -0.3 is 10.0 Å². The molecule has 1 aromatic carbocycles. The van der Waals surface area contributed by atoms with Gasteiger partial charge in [0.15, 0.2) is 0 Å². The zero-order chi connectivity index (χ0) is 13.0. The van der Waals surface area contributed by atoms with Crippen LogP contribution < -0.4 is 4.90 Å². The topological polar surface area (TPSA) is 64.3 Å². The molecule has 0 bridgehead atoms. The van der Waals surface area contributed by atoms with Gasteiger partial charge in [-0.3, -0.25) is 0 Å². The SMILES string of the molecule is CSc1cccc(N(C)C(C)C(=O)O)c1C#N. The molecule has 0 aliphatic rings. The van der Waals surface area contributed by atoms with Crippen molar-refractivity contribution in [3.8, 4) is 6.07 Å². The molecule has 0 aliphatic carbocycles. The van der Waals surface area contributed by atoms with E-state index in [0.29, 0.717) is 11.3 Å². The molecule has 1 unspecified atom stereocenters. The molecule has 1 N–H and O–H groups in total. The Labute approximate surface area is 105 Å². The van der Waals surface area contributed by atoms with Crippen LogP contribution in [0.2, 0.25) is 0 Å². The molecule has 0 spiro atoms. The summed E-state index contributed by atoms with van der Waals surface area (Å²) in [6, 6.07) is 6.91. The minimum Gasteiger partial charge on any atom is -0.480 e. The van der Waals surface area contributed by atoms with Crippen molar-refractivity contribution in [2.24, 2.45) is 0 Å². The van der Waals surface area contributed by atoms with E-state index in [1.165, 1.54) is 11.8 Å². The van der Waals surface area contributed by atoms with E-state index in [1.54, 1.807) is 24.9 Å². The molecule has 0 aromatic heterocycles. The standard InChI is InChI=1S/C12H14N2O2S/c1-8(12(15)16)14(2)10-5-4-6-11(17-3)9(10)7-13/h4-6,8H,1-3H3,(H,15,16). The van der Waals surface area contributed by atoms with Crippen LogP contribution >= 0.6 is 11.8 Å². The fourth-order valence-corrected chi connectivity index (χ4v) is 2.04. The summed E-state index contributed by atoms with van der Waals surface area (Å²) in [5.41, 5.74) is 1.17. The van der Waals surface area contributed by atoms with Crippen molar-refractivity contribution in [2.45, 2.75) is 17.9 Å². The van der Waals surface area contributed by atoms with Gasteiger partial charge in [0.1, 0.15) is 12.1 Å². The van der Waals surface area contributed by atoms with Gasteiger partial charge in [-0.15, -0.1) is 11.8 Å². The predicted molar refractivity (Wildman–Crippen MR) is 68.4 cm³/mol. The molecule has 90 valence electrons. The molecule has 0 heterocycles. The van der Waals surface area contributed by atoms with Crippen molar-refractivity contribution >= 4 is 23.4 Å². The average molecular weight is 250 g/mol. The summed E-state index contributed by atoms with van der Waals surface area (Å²) in [5.74, 6) is -0.911. The zero-order valence-electron chi connectivity index (χ0n) is 9.97. The van der Waals surface area contributed by atoms with E-state index in [9.17, 15) is 4.79 Å². The van der Waals surface area contributed by atoms with E-state index in [4.69, 9.17) is 10.4 Å². The Morgan fingerprint density at radius 3 is 2.71 bits per heavy atom. The van der Waals surface area contributed by atoms with E-state index < -0.39 is 12.0 Å². The van der Waals surface area contributed by atoms with Crippen LogP contribution in [-0.2, 0) is 4.79 Å². The highest BCUT2D eigenvalue weighted by atomic mass is 32.2. The summed E-state index contributed by atoms with van der Waals surface area (Å²) in [5, 5.41) is 18.1. The van der Waals surface area contributed by atoms with Gasteiger partial charge in [-0.25, -0.2) is 4.79 Å². The molecule has 4 nitrogen and oxygen atoms in total. The second kappa shape index (κ2) is 5.60. The Kier molecular flexibility index (Phi) is 4.41. The Morgan fingerprint density at radius 1 is 1.59 bits per heavy atom. The number of carboxylic acids is 1. The fourth-order valence-electron chi connectivity index (χ4n) is 1.47. The Balaban J connectivity index is 3.23. The summed E-state index contributed by atoms with van der Waals surface area (Å²) >= 11 is 1.48. The maximum Gasteiger partial charge on any atom is 0.326 e. The molecule has 1 atom stereocenters. The molecular formula is C12H14N2O2S. The third-order valence-corrected chi connectivity index (χ3v) is 3.43. The van der Waals surface area contributed by atoms with Gasteiger partial charge in [-0.2, -0.15) is 5.26 Å². The van der Waals surface area contributed by atoms with E-state index in [-0.39, 0.29) is 0 Å². The van der Waals surface area contributed by atoms with Gasteiger partial charge in [0.2, 0.25) is 0 Å². The second-order valence-electron chi connectivity index (χ2n) is 3.59. The maximum atomic E-state index is 10.9. The maximum absolute atomic E-state index is 10.9. The Morgan fingerprint density at radius 2 is 2.24 bits per heavy atom. The number of thioether (sulfide) groups is 1. The molecule has 1 rings (SSSR count). The first-order valence-electron chi connectivity index (χ1n) is 5.05. The van der Waals surface area contributed by atoms with Crippen LogP contribution in [0.3, 0.4) is 0 Å². The van der Waals surface area contributed by atoms with Crippen LogP contribution in [0.25, 0.3) is 0 Å². The van der Waals surface area contributed by atoms with Gasteiger partial charge in [0, 0.05) is 11.9 Å². The Bertz CT molecular complexity index is 468. The minimum absolute atomic E-state index is 0.524. The number of carboxylic acid groups (broad SMARTS) is 1. The molecule has 0 radical (unpaired) electrons. The average Bonchev–Trinajstić information content (AvgIpc) is 2.35. The first kappa shape index (κ1) is 13.4. The van der Waals surface area contributed by atoms with E-state index >= 15 is 0 Å². The van der Waals surface area contributed by atoms with Crippen molar-refractivity contribution in [1.29, 1.82) is 5.26 Å². The zero-order valence-corrected chi connectivity index (χ0v) is 10.8. The number of rotatable bonds is 4. The number of aliphatic carboxylic acids is 1. The lowest BCUT2D eigenvalue weighted by Crippen LogP contribution is -2.36. The third-order valence-electron chi connectivity index (χ3n) is 2.65. The first-order valence-corrected chi connectivity index (χ1v) is 6.28. The number of nitriles is 1. The molecular weight excluding hydrogens is 236 g/mol. The first-order chi connectivity index (χ1) is 8.02. The van der Waals surface area contributed by atoms with Crippen molar-refractivity contribution in [1.82, 2.24) is 0 Å². The molecule has 0 fully saturated rings. The highest BCUT2D eigenvalue weighted by Crippen LogP contribution is 2.29. The van der Waals surface area contributed by atoms with E-state index in [2.05, 4.69) is 6.07 Å². The molecule has 0 amide bonds. The molecule has 17 heavy (non-hydrogen) atoms. The summed E-state index contributed by atoms with van der Waals surface area (Å²) in [6.07, 6.45) is 1.89. The molecule has 5 heteroatoms. The molecule has 0 saturated carbocycles. The number of anilines is 1. The number of hydrogen-bond donors (Lipinski definition) is 1. The number of hydrogen-bond acceptors (Lipinski definition) is 4. The van der Waals surface area contributed by atoms with Gasteiger partial charge in [-0.05, 0) is 25.3 Å². The highest BCUT2D eigenvalue weighted by Gasteiger charge is 2.20. The lowest BCUT2D eigenvalue weighted by Gasteiger charge is -2.25. The molecule has 0 aliphatic heterocycles. The predicted octanol–water partition coefficient (Wildman–Crippen LogP) is 2.19. The van der Waals surface area contributed by atoms with Crippen LogP contribution in [0.5, 0.6) is 0 Å². The van der Waals surface area contributed by atoms with Crippen LogP contribution in [0.4, 0.5) is 5.69 Å². The number of carbonyl (C=O) groups is 1. The minimum atomic E-state index is -0.911. The largest absolute Gasteiger partial charge is 0.480 e. The van der Waals surface area contributed by atoms with Crippen LogP contribution in [0.1, 0.15) is 12.5 Å². The van der Waals surface area contributed by atoms with Gasteiger partial charge in [0.05, 0.1) is 11.3 Å². The lowest BCUT2D eigenvalue weighted by atomic mass is 10.1. The second-order valence-corrected chi connectivity index (χ2v) is 4.44. The van der Waals surface area contributed by atoms with Crippen molar-refractivity contribution in [3.63, 3.8) is 0 Å². The van der Waals surface area contributed by atoms with Crippen molar-refractivity contribution < 1.29 is 9.90 Å². The van der Waals surface area contributed by atoms with Gasteiger partial charge in [-0.1, -0.05) is 6.07 Å². The van der Waals surface area contributed by atoms with Crippen LogP contribution in [0.15, 0.2) is 23.1 Å². The smallest absolute Gasteiger partial charge is 0.326 e. The summed E-state index contributed by atoms with van der Waals surface area (Å²) in [6.45, 7) is 1.59. The number of nitrogens with zero attached hydrogens (tertiary/aromatic N) is 2. The Hall–Kier alpha value is -1.67. The normalized spacial score (nSPS) is 11.6. The van der Waals surface area contributed by atoms with Crippen LogP contribution in [0, 0.1) is 11.3 Å². The van der Waals surface area contributed by atoms with Gasteiger partial charge >= 0.3 is 5.97 Å². The molecule has 0 saturated heterocycles. The lowest BCUT2D eigenvalue weighted by molar-refractivity contribution is -0.138. The summed E-state index contributed by atoms with van der Waals surface area (Å²) < 4.78 is 0. The van der Waals surface area contributed by atoms with Crippen LogP contribution in [-0.4, -0.2) is 30.4 Å². The monoisotopic (exact) mass is 250 g/mol. The third kappa shape index (κ3) is 2.71. The number of benzene rings is 1. The quantitative estimate of drug-likeness (QED) is 0.830. The van der Waals surface area contributed by atoms with E-state index in [0.717, 1.165) is 4.90 Å². The highest BCUT2D eigenvalue weighted by molar-refractivity contribution is 7.98. The fraction of sp³-hybridized carbons (Fsp3) is 0.333. The molecule has 1 aromatic rings. The number of likely N-dealkylation sites (N-methyl/N-ethyl adjacent to an activating group) is 1. The van der Waals surface area contributed by atoms with Crippen molar-refractivity contribution in [2.75, 3.05) is 18.2 Å². The van der Waals surface area contributed by atoms with Gasteiger partial charge in [0.25, 0.3) is 0 Å². The van der Waals surface area contributed by atoms with Crippen molar-refractivity contribution in [3.05, 3.63) is 23.8 Å². The van der Waals surface area contributed by atoms with E-state index in [1.807, 2.05) is 18.4 Å². The summed E-state index contributed by atoms with van der Waals surface area (Å²) in [4.78, 5) is 13.4.